The van der Waals surface area contributed by atoms with Crippen LogP contribution < -0.4 is 5.32 Å². The van der Waals surface area contributed by atoms with Crippen LogP contribution >= 0.6 is 11.3 Å². The number of aromatic hydroxyl groups is 2. The van der Waals surface area contributed by atoms with Gasteiger partial charge in [-0.1, -0.05) is 24.3 Å². The Labute approximate surface area is 173 Å². The van der Waals surface area contributed by atoms with E-state index in [2.05, 4.69) is 5.32 Å². The second-order valence-electron chi connectivity index (χ2n) is 6.86. The number of amides is 1. The zero-order valence-electron chi connectivity index (χ0n) is 15.9. The van der Waals surface area contributed by atoms with Gasteiger partial charge < -0.3 is 15.5 Å². The normalized spacial score (nSPS) is 10.6. The molecule has 3 aromatic rings. The summed E-state index contributed by atoms with van der Waals surface area (Å²) in [5.41, 5.74) is 2.60. The van der Waals surface area contributed by atoms with Crippen molar-refractivity contribution in [3.8, 4) is 11.5 Å². The van der Waals surface area contributed by atoms with Crippen LogP contribution in [0.15, 0.2) is 60.0 Å². The average molecular weight is 410 g/mol. The van der Waals surface area contributed by atoms with E-state index in [9.17, 15) is 19.8 Å². The third kappa shape index (κ3) is 6.47. The van der Waals surface area contributed by atoms with Crippen molar-refractivity contribution in [1.82, 2.24) is 0 Å². The van der Waals surface area contributed by atoms with Gasteiger partial charge in [-0.25, -0.2) is 0 Å². The quantitative estimate of drug-likeness (QED) is 0.455. The van der Waals surface area contributed by atoms with Gasteiger partial charge in [0.2, 0.25) is 5.91 Å². The van der Waals surface area contributed by atoms with Crippen LogP contribution in [0.4, 0.5) is 5.69 Å². The third-order valence-corrected chi connectivity index (χ3v) is 5.45. The molecular weight excluding hydrogens is 386 g/mol. The monoisotopic (exact) mass is 409 g/mol. The molecule has 0 fully saturated rings. The van der Waals surface area contributed by atoms with E-state index in [1.54, 1.807) is 17.4 Å². The molecule has 0 aliphatic carbocycles. The summed E-state index contributed by atoms with van der Waals surface area (Å²) in [5.74, 6) is -0.231. The first-order chi connectivity index (χ1) is 14.0. The maximum Gasteiger partial charge on any atom is 0.229 e. The Morgan fingerprint density at radius 2 is 1.55 bits per heavy atom. The topological polar surface area (TPSA) is 86.6 Å². The number of phenols is 2. The van der Waals surface area contributed by atoms with Crippen LogP contribution in [0.5, 0.6) is 11.5 Å². The van der Waals surface area contributed by atoms with Gasteiger partial charge in [0.05, 0.1) is 6.42 Å². The van der Waals surface area contributed by atoms with E-state index in [0.29, 0.717) is 32.1 Å². The van der Waals surface area contributed by atoms with Crippen molar-refractivity contribution in [2.45, 2.75) is 32.1 Å². The Morgan fingerprint density at radius 1 is 0.862 bits per heavy atom. The van der Waals surface area contributed by atoms with Crippen LogP contribution in [-0.4, -0.2) is 21.9 Å². The summed E-state index contributed by atoms with van der Waals surface area (Å²) >= 11 is 1.56. The molecule has 0 bridgehead atoms. The summed E-state index contributed by atoms with van der Waals surface area (Å²) in [6.07, 6.45) is 2.37. The molecule has 150 valence electrons. The van der Waals surface area contributed by atoms with Crippen LogP contribution in [0.2, 0.25) is 0 Å². The number of phenolic OH excluding ortho intramolecular Hbond substituents is 2. The molecule has 1 aromatic heterocycles. The lowest BCUT2D eigenvalue weighted by molar-refractivity contribution is -0.119. The molecule has 0 radical (unpaired) electrons. The van der Waals surface area contributed by atoms with Gasteiger partial charge in [0.25, 0.3) is 0 Å². The van der Waals surface area contributed by atoms with Crippen molar-refractivity contribution >= 4 is 28.7 Å². The minimum absolute atomic E-state index is 0.0457. The number of Topliss-reactive ketones (excluding diaryl/α,β-unsaturated/α-hetero) is 1. The summed E-state index contributed by atoms with van der Waals surface area (Å²) in [5, 5.41) is 23.6. The Kier molecular flexibility index (Phi) is 7.03. The van der Waals surface area contributed by atoms with Gasteiger partial charge in [-0.05, 0) is 59.7 Å². The molecule has 0 saturated heterocycles. The summed E-state index contributed by atoms with van der Waals surface area (Å²) in [7, 11) is 0. The molecule has 3 rings (SSSR count). The largest absolute Gasteiger partial charge is 0.504 e. The van der Waals surface area contributed by atoms with Crippen molar-refractivity contribution in [1.29, 1.82) is 0 Å². The van der Waals surface area contributed by atoms with Gasteiger partial charge in [0.1, 0.15) is 5.78 Å². The maximum atomic E-state index is 12.1. The SMILES string of the molecule is O=C(CCc1ccc(NC(=O)Cc2cccs2)cc1)CCc1ccc(O)c(O)c1. The number of nitrogens with one attached hydrogen (secondary N) is 1. The third-order valence-electron chi connectivity index (χ3n) is 4.58. The highest BCUT2D eigenvalue weighted by atomic mass is 32.1. The zero-order valence-corrected chi connectivity index (χ0v) is 16.7. The van der Waals surface area contributed by atoms with Gasteiger partial charge in [-0.3, -0.25) is 9.59 Å². The Balaban J connectivity index is 1.41. The number of thiophene rings is 1. The number of ketones is 1. The van der Waals surface area contributed by atoms with Crippen molar-refractivity contribution in [3.05, 3.63) is 76.0 Å². The van der Waals surface area contributed by atoms with Crippen LogP contribution in [0, 0.1) is 0 Å². The van der Waals surface area contributed by atoms with Gasteiger partial charge in [-0.2, -0.15) is 0 Å². The first-order valence-electron chi connectivity index (χ1n) is 9.43. The van der Waals surface area contributed by atoms with Gasteiger partial charge >= 0.3 is 0 Å². The molecule has 0 aliphatic rings. The fourth-order valence-electron chi connectivity index (χ4n) is 2.95. The number of carbonyl (C=O) groups is 2. The number of hydrogen-bond donors (Lipinski definition) is 3. The molecule has 3 N–H and O–H groups in total. The Hall–Kier alpha value is -3.12. The zero-order chi connectivity index (χ0) is 20.6. The summed E-state index contributed by atoms with van der Waals surface area (Å²) in [4.78, 5) is 25.2. The second-order valence-corrected chi connectivity index (χ2v) is 7.90. The molecule has 0 spiro atoms. The van der Waals surface area contributed by atoms with E-state index in [1.807, 2.05) is 41.8 Å². The summed E-state index contributed by atoms with van der Waals surface area (Å²) in [6, 6.07) is 16.0. The molecular formula is C23H23NO4S. The molecule has 0 atom stereocenters. The molecule has 0 saturated carbocycles. The van der Waals surface area contributed by atoms with Crippen LogP contribution in [0.1, 0.15) is 28.8 Å². The van der Waals surface area contributed by atoms with E-state index < -0.39 is 0 Å². The number of rotatable bonds is 9. The molecule has 5 nitrogen and oxygen atoms in total. The number of anilines is 1. The van der Waals surface area contributed by atoms with Crippen molar-refractivity contribution in [2.75, 3.05) is 5.32 Å². The van der Waals surface area contributed by atoms with E-state index in [-0.39, 0.29) is 23.2 Å². The summed E-state index contributed by atoms with van der Waals surface area (Å²) < 4.78 is 0. The maximum absolute atomic E-state index is 12.1. The van der Waals surface area contributed by atoms with Crippen LogP contribution in [-0.2, 0) is 28.9 Å². The van der Waals surface area contributed by atoms with Crippen molar-refractivity contribution in [2.24, 2.45) is 0 Å². The predicted octanol–water partition coefficient (Wildman–Crippen LogP) is 4.48. The van der Waals surface area contributed by atoms with E-state index in [0.717, 1.165) is 21.7 Å². The first-order valence-corrected chi connectivity index (χ1v) is 10.3. The minimum Gasteiger partial charge on any atom is -0.504 e. The highest BCUT2D eigenvalue weighted by Gasteiger charge is 2.07. The minimum atomic E-state index is -0.169. The highest BCUT2D eigenvalue weighted by Crippen LogP contribution is 2.25. The van der Waals surface area contributed by atoms with Gasteiger partial charge in [-0.15, -0.1) is 11.3 Å². The number of carbonyl (C=O) groups excluding carboxylic acids is 2. The van der Waals surface area contributed by atoms with Crippen LogP contribution in [0.3, 0.4) is 0 Å². The Morgan fingerprint density at radius 3 is 2.21 bits per heavy atom. The van der Waals surface area contributed by atoms with Gasteiger partial charge in [0, 0.05) is 23.4 Å². The number of hydrogen-bond acceptors (Lipinski definition) is 5. The lowest BCUT2D eigenvalue weighted by Gasteiger charge is -2.07. The van der Waals surface area contributed by atoms with E-state index >= 15 is 0 Å². The molecule has 0 unspecified atom stereocenters. The summed E-state index contributed by atoms with van der Waals surface area (Å²) in [6.45, 7) is 0. The standard InChI is InChI=1S/C23H23NO4S/c25-19(11-6-17-7-12-21(26)22(27)14-17)10-5-16-3-8-18(9-4-16)24-23(28)15-20-2-1-13-29-20/h1-4,7-9,12-14,26-27H,5-6,10-11,15H2,(H,24,28). The van der Waals surface area contributed by atoms with Crippen molar-refractivity contribution in [3.63, 3.8) is 0 Å². The number of aryl methyl sites for hydroxylation is 2. The molecule has 2 aromatic carbocycles. The number of benzene rings is 2. The lowest BCUT2D eigenvalue weighted by atomic mass is 10.0. The molecule has 6 heteroatoms. The molecule has 1 amide bonds. The lowest BCUT2D eigenvalue weighted by Crippen LogP contribution is -2.13. The van der Waals surface area contributed by atoms with Crippen molar-refractivity contribution < 1.29 is 19.8 Å². The molecule has 29 heavy (non-hydrogen) atoms. The van der Waals surface area contributed by atoms with Crippen LogP contribution in [0.25, 0.3) is 0 Å². The predicted molar refractivity (Wildman–Crippen MR) is 115 cm³/mol. The fraction of sp³-hybridized carbons (Fsp3) is 0.217. The van der Waals surface area contributed by atoms with E-state index in [4.69, 9.17) is 0 Å². The second kappa shape index (κ2) is 9.89. The van der Waals surface area contributed by atoms with E-state index in [1.165, 1.54) is 12.1 Å². The Bertz CT molecular complexity index is 965. The van der Waals surface area contributed by atoms with Gasteiger partial charge in [0.15, 0.2) is 11.5 Å². The molecule has 0 aliphatic heterocycles. The first kappa shape index (κ1) is 20.6. The average Bonchev–Trinajstić information content (AvgIpc) is 3.21. The smallest absolute Gasteiger partial charge is 0.229 e. The fourth-order valence-corrected chi connectivity index (χ4v) is 3.65. The highest BCUT2D eigenvalue weighted by molar-refractivity contribution is 7.10. The molecule has 1 heterocycles.